The lowest BCUT2D eigenvalue weighted by Crippen LogP contribution is -2.21. The summed E-state index contributed by atoms with van der Waals surface area (Å²) in [5, 5.41) is 3.03. The van der Waals surface area contributed by atoms with Gasteiger partial charge in [0, 0.05) is 22.7 Å². The molecule has 2 aromatic carbocycles. The van der Waals surface area contributed by atoms with Crippen LogP contribution in [-0.2, 0) is 4.79 Å². The van der Waals surface area contributed by atoms with Gasteiger partial charge in [-0.25, -0.2) is 4.98 Å². The zero-order chi connectivity index (χ0) is 21.5. The van der Waals surface area contributed by atoms with E-state index < -0.39 is 0 Å². The van der Waals surface area contributed by atoms with Gasteiger partial charge in [0.2, 0.25) is 5.91 Å². The van der Waals surface area contributed by atoms with Crippen LogP contribution in [0.4, 0.5) is 5.69 Å². The van der Waals surface area contributed by atoms with Gasteiger partial charge in [0.05, 0.1) is 25.6 Å². The van der Waals surface area contributed by atoms with Crippen molar-refractivity contribution in [2.24, 2.45) is 5.92 Å². The highest BCUT2D eigenvalue weighted by Gasteiger charge is 2.15. The Labute approximate surface area is 178 Å². The maximum atomic E-state index is 12.4. The van der Waals surface area contributed by atoms with E-state index in [1.807, 2.05) is 74.5 Å². The van der Waals surface area contributed by atoms with E-state index >= 15 is 0 Å². The predicted octanol–water partition coefficient (Wildman–Crippen LogP) is 5.81. The molecule has 0 aliphatic rings. The fourth-order valence-electron chi connectivity index (χ4n) is 3.42. The Morgan fingerprint density at radius 1 is 0.933 bits per heavy atom. The van der Waals surface area contributed by atoms with Crippen LogP contribution in [0.5, 0.6) is 11.5 Å². The number of pyridine rings is 1. The number of methoxy groups -OCH3 is 2. The Bertz CT molecular complexity index is 1010. The van der Waals surface area contributed by atoms with Gasteiger partial charge in [-0.15, -0.1) is 0 Å². The third-order valence-corrected chi connectivity index (χ3v) is 5.21. The molecule has 0 aliphatic heterocycles. The van der Waals surface area contributed by atoms with Crippen molar-refractivity contribution < 1.29 is 14.3 Å². The topological polar surface area (TPSA) is 60.5 Å². The molecule has 0 radical (unpaired) electrons. The summed E-state index contributed by atoms with van der Waals surface area (Å²) in [5.74, 6) is 1.55. The van der Waals surface area contributed by atoms with Gasteiger partial charge in [-0.2, -0.15) is 0 Å². The van der Waals surface area contributed by atoms with Crippen molar-refractivity contribution in [1.29, 1.82) is 0 Å². The van der Waals surface area contributed by atoms with E-state index in [2.05, 4.69) is 5.32 Å². The van der Waals surface area contributed by atoms with E-state index in [-0.39, 0.29) is 11.8 Å². The van der Waals surface area contributed by atoms with Crippen molar-refractivity contribution in [3.8, 4) is 34.0 Å². The molecule has 3 aromatic rings. The molecule has 1 aromatic heterocycles. The zero-order valence-corrected chi connectivity index (χ0v) is 17.9. The summed E-state index contributed by atoms with van der Waals surface area (Å²) in [6, 6.07) is 19.3. The van der Waals surface area contributed by atoms with Crippen LogP contribution < -0.4 is 14.8 Å². The molecule has 0 saturated heterocycles. The van der Waals surface area contributed by atoms with Crippen molar-refractivity contribution in [3.05, 3.63) is 60.7 Å². The summed E-state index contributed by atoms with van der Waals surface area (Å²) >= 11 is 0. The molecule has 3 rings (SSSR count). The summed E-state index contributed by atoms with van der Waals surface area (Å²) in [5.41, 5.74) is 4.17. The molecule has 0 fully saturated rings. The van der Waals surface area contributed by atoms with Crippen molar-refractivity contribution in [2.45, 2.75) is 26.7 Å². The third kappa shape index (κ3) is 4.79. The smallest absolute Gasteiger partial charge is 0.227 e. The first-order chi connectivity index (χ1) is 14.6. The molecule has 0 unspecified atom stereocenters. The average molecular weight is 405 g/mol. The first-order valence-electron chi connectivity index (χ1n) is 10.2. The van der Waals surface area contributed by atoms with Crippen molar-refractivity contribution in [2.75, 3.05) is 19.5 Å². The number of hydrogen-bond donors (Lipinski definition) is 1. The number of anilines is 1. The molecule has 156 valence electrons. The Morgan fingerprint density at radius 3 is 2.37 bits per heavy atom. The van der Waals surface area contributed by atoms with Gasteiger partial charge >= 0.3 is 0 Å². The first-order valence-corrected chi connectivity index (χ1v) is 10.2. The quantitative estimate of drug-likeness (QED) is 0.515. The molecule has 1 N–H and O–H groups in total. The van der Waals surface area contributed by atoms with Crippen molar-refractivity contribution in [3.63, 3.8) is 0 Å². The second-order valence-electron chi connectivity index (χ2n) is 7.06. The number of amides is 1. The summed E-state index contributed by atoms with van der Waals surface area (Å²) in [6.45, 7) is 4.07. The highest BCUT2D eigenvalue weighted by atomic mass is 16.5. The summed E-state index contributed by atoms with van der Waals surface area (Å²) < 4.78 is 10.9. The number of hydrogen-bond acceptors (Lipinski definition) is 4. The third-order valence-electron chi connectivity index (χ3n) is 5.21. The summed E-state index contributed by atoms with van der Waals surface area (Å²) in [4.78, 5) is 17.3. The number of rotatable bonds is 8. The van der Waals surface area contributed by atoms with Crippen LogP contribution in [0.2, 0.25) is 0 Å². The normalized spacial score (nSPS) is 10.7. The molecule has 5 heteroatoms. The van der Waals surface area contributed by atoms with Gasteiger partial charge in [0.15, 0.2) is 0 Å². The molecule has 0 aliphatic carbocycles. The second kappa shape index (κ2) is 9.92. The van der Waals surface area contributed by atoms with Crippen LogP contribution in [-0.4, -0.2) is 25.1 Å². The lowest BCUT2D eigenvalue weighted by Gasteiger charge is -2.14. The van der Waals surface area contributed by atoms with Crippen LogP contribution >= 0.6 is 0 Å². The molecule has 0 saturated carbocycles. The lowest BCUT2D eigenvalue weighted by atomic mass is 10.0. The molecule has 0 spiro atoms. The van der Waals surface area contributed by atoms with Crippen LogP contribution in [0, 0.1) is 5.92 Å². The number of aromatic nitrogens is 1. The monoisotopic (exact) mass is 404 g/mol. The minimum absolute atomic E-state index is 0.0237. The first kappa shape index (κ1) is 21.4. The van der Waals surface area contributed by atoms with E-state index in [0.717, 1.165) is 52.5 Å². The molecular weight excluding hydrogens is 376 g/mol. The van der Waals surface area contributed by atoms with E-state index in [9.17, 15) is 4.79 Å². The van der Waals surface area contributed by atoms with Gasteiger partial charge in [-0.1, -0.05) is 32.0 Å². The van der Waals surface area contributed by atoms with E-state index in [0.29, 0.717) is 0 Å². The van der Waals surface area contributed by atoms with Gasteiger partial charge < -0.3 is 14.8 Å². The van der Waals surface area contributed by atoms with Crippen LogP contribution in [0.25, 0.3) is 22.5 Å². The van der Waals surface area contributed by atoms with Gasteiger partial charge in [0.1, 0.15) is 11.5 Å². The number of carbonyl (C=O) groups is 1. The standard InChI is InChI=1S/C25H28N2O3/c1-5-17(6-2)25(28)26-19-10-7-9-18(15-19)22-11-8-12-23(27-22)21-16-20(29-3)13-14-24(21)30-4/h7-17H,5-6H2,1-4H3,(H,26,28). The molecule has 5 nitrogen and oxygen atoms in total. The Kier molecular flexibility index (Phi) is 7.07. The molecule has 0 atom stereocenters. The van der Waals surface area contributed by atoms with Crippen molar-refractivity contribution >= 4 is 11.6 Å². The number of carbonyl (C=O) groups excluding carboxylic acids is 1. The fourth-order valence-corrected chi connectivity index (χ4v) is 3.42. The highest BCUT2D eigenvalue weighted by Crippen LogP contribution is 2.33. The number of benzene rings is 2. The second-order valence-corrected chi connectivity index (χ2v) is 7.06. The van der Waals surface area contributed by atoms with E-state index in [1.54, 1.807) is 14.2 Å². The highest BCUT2D eigenvalue weighted by molar-refractivity contribution is 5.93. The maximum absolute atomic E-state index is 12.4. The maximum Gasteiger partial charge on any atom is 0.227 e. The zero-order valence-electron chi connectivity index (χ0n) is 17.9. The van der Waals surface area contributed by atoms with E-state index in [4.69, 9.17) is 14.5 Å². The average Bonchev–Trinajstić information content (AvgIpc) is 2.79. The lowest BCUT2D eigenvalue weighted by molar-refractivity contribution is -0.120. The Balaban J connectivity index is 1.93. The molecule has 1 amide bonds. The Hall–Kier alpha value is -3.34. The van der Waals surface area contributed by atoms with Gasteiger partial charge in [-0.3, -0.25) is 4.79 Å². The summed E-state index contributed by atoms with van der Waals surface area (Å²) in [7, 11) is 3.28. The molecule has 30 heavy (non-hydrogen) atoms. The van der Waals surface area contributed by atoms with Crippen LogP contribution in [0.3, 0.4) is 0 Å². The largest absolute Gasteiger partial charge is 0.497 e. The van der Waals surface area contributed by atoms with Gasteiger partial charge in [0.25, 0.3) is 0 Å². The van der Waals surface area contributed by atoms with Crippen LogP contribution in [0.15, 0.2) is 60.7 Å². The van der Waals surface area contributed by atoms with Crippen LogP contribution in [0.1, 0.15) is 26.7 Å². The fraction of sp³-hybridized carbons (Fsp3) is 0.280. The van der Waals surface area contributed by atoms with Gasteiger partial charge in [-0.05, 0) is 55.3 Å². The molecule has 1 heterocycles. The molecule has 0 bridgehead atoms. The van der Waals surface area contributed by atoms with Crippen molar-refractivity contribution in [1.82, 2.24) is 4.98 Å². The SMILES string of the molecule is CCC(CC)C(=O)Nc1cccc(-c2cccc(-c3cc(OC)ccc3OC)n2)c1. The number of nitrogens with one attached hydrogen (secondary N) is 1. The minimum atomic E-state index is 0.0237. The summed E-state index contributed by atoms with van der Waals surface area (Å²) in [6.07, 6.45) is 1.65. The predicted molar refractivity (Wildman–Crippen MR) is 121 cm³/mol. The Morgan fingerprint density at radius 2 is 1.67 bits per heavy atom. The number of ether oxygens (including phenoxy) is 2. The number of nitrogens with zero attached hydrogens (tertiary/aromatic N) is 1. The van der Waals surface area contributed by atoms with E-state index in [1.165, 1.54) is 0 Å². The minimum Gasteiger partial charge on any atom is -0.497 e. The molecular formula is C25H28N2O3.